The molecule has 1 aromatic carbocycles. The molecule has 0 aromatic heterocycles. The maximum atomic E-state index is 11.2. The molecule has 1 amide bonds. The molecule has 1 saturated heterocycles. The van der Waals surface area contributed by atoms with E-state index in [0.717, 1.165) is 38.7 Å². The Kier molecular flexibility index (Phi) is 7.79. The molecule has 1 aromatic rings. The molecule has 2 rings (SSSR count). The Hall–Kier alpha value is -1.59. The van der Waals surface area contributed by atoms with Crippen LogP contribution in [0.15, 0.2) is 35.5 Å². The van der Waals surface area contributed by atoms with Crippen LogP contribution in [0.4, 0.5) is 0 Å². The third kappa shape index (κ3) is 6.14. The first-order valence-electron chi connectivity index (χ1n) is 6.99. The zero-order valence-corrected chi connectivity index (χ0v) is 12.8. The van der Waals surface area contributed by atoms with Crippen molar-refractivity contribution < 1.29 is 10.0 Å². The van der Waals surface area contributed by atoms with Gasteiger partial charge in [-0.25, -0.2) is 0 Å². The van der Waals surface area contributed by atoms with Crippen LogP contribution in [0.1, 0.15) is 18.4 Å². The van der Waals surface area contributed by atoms with Crippen LogP contribution in [0.25, 0.3) is 0 Å². The lowest BCUT2D eigenvalue weighted by molar-refractivity contribution is -0.114. The monoisotopic (exact) mass is 311 g/mol. The van der Waals surface area contributed by atoms with E-state index in [1.807, 2.05) is 6.07 Å². The molecule has 1 heterocycles. The summed E-state index contributed by atoms with van der Waals surface area (Å²) in [5, 5.41) is 13.7. The van der Waals surface area contributed by atoms with E-state index in [9.17, 15) is 4.79 Å². The van der Waals surface area contributed by atoms with Gasteiger partial charge < -0.3 is 10.5 Å². The van der Waals surface area contributed by atoms with Crippen LogP contribution in [-0.4, -0.2) is 41.9 Å². The maximum Gasteiger partial charge on any atom is 0.265 e. The van der Waals surface area contributed by atoms with E-state index in [-0.39, 0.29) is 18.3 Å². The molecule has 0 unspecified atom stereocenters. The highest BCUT2D eigenvalue weighted by atomic mass is 35.5. The van der Waals surface area contributed by atoms with E-state index in [4.69, 9.17) is 5.21 Å². The van der Waals surface area contributed by atoms with Gasteiger partial charge in [0.25, 0.3) is 5.91 Å². The first kappa shape index (κ1) is 17.5. The number of benzene rings is 1. The number of oxime groups is 1. The Morgan fingerprint density at radius 1 is 1.33 bits per heavy atom. The summed E-state index contributed by atoms with van der Waals surface area (Å²) in [5.74, 6) is 0.178. The van der Waals surface area contributed by atoms with E-state index in [0.29, 0.717) is 12.5 Å². The van der Waals surface area contributed by atoms with Crippen molar-refractivity contribution >= 4 is 24.5 Å². The van der Waals surface area contributed by atoms with Crippen molar-refractivity contribution in [2.24, 2.45) is 11.1 Å². The molecule has 116 valence electrons. The quantitative estimate of drug-likeness (QED) is 0.496. The third-order valence-electron chi connectivity index (χ3n) is 3.70. The molecular formula is C15H22ClN3O2. The number of hydrogen-bond acceptors (Lipinski definition) is 4. The fourth-order valence-corrected chi connectivity index (χ4v) is 2.53. The SMILES string of the molecule is Cl.O=C(C=NO)NCC1CCN(Cc2ccccc2)CC1. The average molecular weight is 312 g/mol. The third-order valence-corrected chi connectivity index (χ3v) is 3.70. The highest BCUT2D eigenvalue weighted by Gasteiger charge is 2.19. The van der Waals surface area contributed by atoms with Crippen molar-refractivity contribution in [3.05, 3.63) is 35.9 Å². The van der Waals surface area contributed by atoms with Crippen LogP contribution in [0, 0.1) is 5.92 Å². The molecule has 0 spiro atoms. The van der Waals surface area contributed by atoms with Crippen LogP contribution >= 0.6 is 12.4 Å². The maximum absolute atomic E-state index is 11.2. The molecule has 0 radical (unpaired) electrons. The molecule has 0 saturated carbocycles. The van der Waals surface area contributed by atoms with E-state index >= 15 is 0 Å². The number of carbonyl (C=O) groups is 1. The van der Waals surface area contributed by atoms with Crippen LogP contribution in [0.3, 0.4) is 0 Å². The second-order valence-corrected chi connectivity index (χ2v) is 5.19. The Morgan fingerprint density at radius 2 is 2.00 bits per heavy atom. The number of carbonyl (C=O) groups excluding carboxylic acids is 1. The van der Waals surface area contributed by atoms with Gasteiger partial charge in [-0.05, 0) is 37.4 Å². The Labute approximate surface area is 131 Å². The molecule has 0 aliphatic carbocycles. The normalized spacial score (nSPS) is 16.6. The lowest BCUT2D eigenvalue weighted by Crippen LogP contribution is -2.38. The number of likely N-dealkylation sites (tertiary alicyclic amines) is 1. The zero-order valence-electron chi connectivity index (χ0n) is 11.9. The molecule has 21 heavy (non-hydrogen) atoms. The highest BCUT2D eigenvalue weighted by Crippen LogP contribution is 2.18. The molecule has 1 fully saturated rings. The number of hydrogen-bond donors (Lipinski definition) is 2. The summed E-state index contributed by atoms with van der Waals surface area (Å²) in [6.07, 6.45) is 3.07. The summed E-state index contributed by atoms with van der Waals surface area (Å²) in [5.41, 5.74) is 1.35. The molecule has 2 N–H and O–H groups in total. The van der Waals surface area contributed by atoms with Gasteiger partial charge in [0.1, 0.15) is 6.21 Å². The lowest BCUT2D eigenvalue weighted by atomic mass is 9.96. The number of nitrogens with one attached hydrogen (secondary N) is 1. The van der Waals surface area contributed by atoms with Crippen LogP contribution in [0.2, 0.25) is 0 Å². The number of amides is 1. The topological polar surface area (TPSA) is 64.9 Å². The van der Waals surface area contributed by atoms with Gasteiger partial charge in [0.05, 0.1) is 0 Å². The second-order valence-electron chi connectivity index (χ2n) is 5.19. The standard InChI is InChI=1S/C15H21N3O2.ClH/c19-15(11-17-20)16-10-13-6-8-18(9-7-13)12-14-4-2-1-3-5-14;/h1-5,11,13,20H,6-10,12H2,(H,16,19);1H. The Balaban J connectivity index is 0.00000220. The van der Waals surface area contributed by atoms with Gasteiger partial charge in [-0.1, -0.05) is 35.5 Å². The van der Waals surface area contributed by atoms with Crippen molar-refractivity contribution in [1.82, 2.24) is 10.2 Å². The van der Waals surface area contributed by atoms with E-state index < -0.39 is 0 Å². The predicted octanol–water partition coefficient (Wildman–Crippen LogP) is 1.90. The minimum absolute atomic E-state index is 0. The molecular weight excluding hydrogens is 290 g/mol. The lowest BCUT2D eigenvalue weighted by Gasteiger charge is -2.31. The van der Waals surface area contributed by atoms with Crippen molar-refractivity contribution in [2.75, 3.05) is 19.6 Å². The first-order valence-corrected chi connectivity index (χ1v) is 6.99. The number of piperidine rings is 1. The van der Waals surface area contributed by atoms with Crippen molar-refractivity contribution in [3.63, 3.8) is 0 Å². The molecule has 0 bridgehead atoms. The van der Waals surface area contributed by atoms with Crippen LogP contribution in [-0.2, 0) is 11.3 Å². The second kappa shape index (κ2) is 9.37. The van der Waals surface area contributed by atoms with E-state index in [1.165, 1.54) is 5.56 Å². The van der Waals surface area contributed by atoms with Crippen LogP contribution in [0.5, 0.6) is 0 Å². The molecule has 1 aliphatic heterocycles. The van der Waals surface area contributed by atoms with Gasteiger partial charge in [-0.15, -0.1) is 12.4 Å². The Morgan fingerprint density at radius 3 is 2.62 bits per heavy atom. The molecule has 1 aliphatic rings. The van der Waals surface area contributed by atoms with E-state index in [2.05, 4.69) is 39.6 Å². The number of nitrogens with zero attached hydrogens (tertiary/aromatic N) is 2. The summed E-state index contributed by atoms with van der Waals surface area (Å²) in [7, 11) is 0. The fraction of sp³-hybridized carbons (Fsp3) is 0.467. The van der Waals surface area contributed by atoms with Gasteiger partial charge in [0.2, 0.25) is 0 Å². The van der Waals surface area contributed by atoms with Crippen molar-refractivity contribution in [1.29, 1.82) is 0 Å². The summed E-state index contributed by atoms with van der Waals surface area (Å²) >= 11 is 0. The summed E-state index contributed by atoms with van der Waals surface area (Å²) in [6.45, 7) is 3.77. The van der Waals surface area contributed by atoms with Crippen molar-refractivity contribution in [2.45, 2.75) is 19.4 Å². The smallest absolute Gasteiger partial charge is 0.265 e. The van der Waals surface area contributed by atoms with E-state index in [1.54, 1.807) is 0 Å². The molecule has 5 nitrogen and oxygen atoms in total. The highest BCUT2D eigenvalue weighted by molar-refractivity contribution is 6.25. The molecule has 6 heteroatoms. The summed E-state index contributed by atoms with van der Waals surface area (Å²) in [6, 6.07) is 10.5. The first-order chi connectivity index (χ1) is 9.78. The minimum Gasteiger partial charge on any atom is -0.411 e. The summed E-state index contributed by atoms with van der Waals surface area (Å²) in [4.78, 5) is 13.6. The van der Waals surface area contributed by atoms with Gasteiger partial charge in [-0.3, -0.25) is 9.69 Å². The largest absolute Gasteiger partial charge is 0.411 e. The van der Waals surface area contributed by atoms with Gasteiger partial charge in [0.15, 0.2) is 0 Å². The van der Waals surface area contributed by atoms with Crippen molar-refractivity contribution in [3.8, 4) is 0 Å². The van der Waals surface area contributed by atoms with Gasteiger partial charge in [0, 0.05) is 13.1 Å². The number of rotatable bonds is 5. The average Bonchev–Trinajstić information content (AvgIpc) is 2.48. The Bertz CT molecular complexity index is 445. The fourth-order valence-electron chi connectivity index (χ4n) is 2.53. The van der Waals surface area contributed by atoms with Crippen LogP contribution < -0.4 is 5.32 Å². The minimum atomic E-state index is -0.334. The van der Waals surface area contributed by atoms with Gasteiger partial charge in [-0.2, -0.15) is 0 Å². The zero-order chi connectivity index (χ0) is 14.2. The predicted molar refractivity (Wildman–Crippen MR) is 85.0 cm³/mol. The summed E-state index contributed by atoms with van der Waals surface area (Å²) < 4.78 is 0. The number of halogens is 1. The molecule has 0 atom stereocenters. The van der Waals surface area contributed by atoms with Gasteiger partial charge >= 0.3 is 0 Å².